The molecule has 0 bridgehead atoms. The number of rotatable bonds is 4. The number of aromatic nitrogens is 2. The van der Waals surface area contributed by atoms with Gasteiger partial charge in [0.15, 0.2) is 0 Å². The Morgan fingerprint density at radius 3 is 2.54 bits per heavy atom. The second-order valence-corrected chi connectivity index (χ2v) is 6.69. The minimum Gasteiger partial charge on any atom is -0.325 e. The number of halogens is 1. The van der Waals surface area contributed by atoms with Gasteiger partial charge in [0.1, 0.15) is 10.8 Å². The van der Waals surface area contributed by atoms with E-state index in [-0.39, 0.29) is 17.0 Å². The Hall–Kier alpha value is -2.47. The molecule has 0 fully saturated rings. The Balaban J connectivity index is 1.75. The summed E-state index contributed by atoms with van der Waals surface area (Å²) < 4.78 is 13.2. The van der Waals surface area contributed by atoms with Crippen molar-refractivity contribution in [1.29, 1.82) is 0 Å². The van der Waals surface area contributed by atoms with Crippen molar-refractivity contribution < 1.29 is 9.18 Å². The largest absolute Gasteiger partial charge is 0.325 e. The quantitative estimate of drug-likeness (QED) is 0.723. The molecule has 0 spiro atoms. The van der Waals surface area contributed by atoms with E-state index in [1.807, 2.05) is 31.2 Å². The van der Waals surface area contributed by atoms with E-state index in [9.17, 15) is 9.18 Å². The normalized spacial score (nSPS) is 12.1. The van der Waals surface area contributed by atoms with Crippen LogP contribution in [0.15, 0.2) is 53.6 Å². The smallest absolute Gasteiger partial charge is 0.237 e. The van der Waals surface area contributed by atoms with Crippen molar-refractivity contribution in [2.24, 2.45) is 0 Å². The zero-order chi connectivity index (χ0) is 17.1. The number of thioether (sulfide) groups is 1. The van der Waals surface area contributed by atoms with Crippen molar-refractivity contribution >= 4 is 34.4 Å². The van der Waals surface area contributed by atoms with Gasteiger partial charge in [-0.2, -0.15) is 0 Å². The number of hydrogen-bond donors (Lipinski definition) is 1. The van der Waals surface area contributed by atoms with E-state index in [4.69, 9.17) is 0 Å². The van der Waals surface area contributed by atoms with Crippen LogP contribution in [-0.4, -0.2) is 21.1 Å². The first-order valence-corrected chi connectivity index (χ1v) is 8.37. The van der Waals surface area contributed by atoms with Crippen LogP contribution in [0.1, 0.15) is 12.6 Å². The van der Waals surface area contributed by atoms with E-state index < -0.39 is 0 Å². The van der Waals surface area contributed by atoms with Crippen molar-refractivity contribution in [3.63, 3.8) is 0 Å². The highest BCUT2D eigenvalue weighted by molar-refractivity contribution is 8.00. The molecule has 3 rings (SSSR count). The van der Waals surface area contributed by atoms with E-state index in [1.165, 1.54) is 23.9 Å². The number of aryl methyl sites for hydroxylation is 1. The summed E-state index contributed by atoms with van der Waals surface area (Å²) in [7, 11) is 0. The maximum Gasteiger partial charge on any atom is 0.237 e. The highest BCUT2D eigenvalue weighted by Gasteiger charge is 2.17. The number of nitrogens with one attached hydrogen (secondary N) is 1. The minimum atomic E-state index is -0.387. The Bertz CT molecular complexity index is 900. The molecule has 1 amide bonds. The lowest BCUT2D eigenvalue weighted by molar-refractivity contribution is -0.115. The van der Waals surface area contributed by atoms with Crippen LogP contribution < -0.4 is 5.32 Å². The van der Waals surface area contributed by atoms with Crippen molar-refractivity contribution in [3.05, 3.63) is 60.0 Å². The summed E-state index contributed by atoms with van der Waals surface area (Å²) in [6.45, 7) is 3.66. The molecule has 1 aromatic heterocycles. The zero-order valence-electron chi connectivity index (χ0n) is 13.3. The van der Waals surface area contributed by atoms with Crippen LogP contribution in [0.25, 0.3) is 11.0 Å². The predicted octanol–water partition coefficient (Wildman–Crippen LogP) is 4.20. The summed E-state index contributed by atoms with van der Waals surface area (Å²) in [6.07, 6.45) is 0. The van der Waals surface area contributed by atoms with Crippen LogP contribution in [0.2, 0.25) is 0 Å². The average Bonchev–Trinajstić information content (AvgIpc) is 2.55. The maximum atomic E-state index is 13.2. The number of anilines is 1. The van der Waals surface area contributed by atoms with Crippen molar-refractivity contribution in [2.45, 2.75) is 24.1 Å². The molecule has 0 saturated carbocycles. The molecule has 0 aliphatic carbocycles. The van der Waals surface area contributed by atoms with Gasteiger partial charge in [0, 0.05) is 5.69 Å². The number of fused-ring (bicyclic) bond motifs is 1. The molecule has 2 aromatic carbocycles. The van der Waals surface area contributed by atoms with Crippen molar-refractivity contribution in [3.8, 4) is 0 Å². The van der Waals surface area contributed by atoms with Gasteiger partial charge < -0.3 is 5.32 Å². The standard InChI is InChI=1S/C18H16FN3OS/c1-11-18(22-16-9-4-3-8-15(16)20-11)24-12(2)17(23)21-14-7-5-6-13(19)10-14/h3-10,12H,1-2H3,(H,21,23). The average molecular weight is 341 g/mol. The van der Waals surface area contributed by atoms with Crippen molar-refractivity contribution in [2.75, 3.05) is 5.32 Å². The molecule has 1 N–H and O–H groups in total. The van der Waals surface area contributed by atoms with Crippen LogP contribution in [0, 0.1) is 12.7 Å². The van der Waals surface area contributed by atoms with Gasteiger partial charge in [0.2, 0.25) is 5.91 Å². The molecular formula is C18H16FN3OS. The van der Waals surface area contributed by atoms with E-state index in [0.29, 0.717) is 5.69 Å². The SMILES string of the molecule is Cc1nc2ccccc2nc1SC(C)C(=O)Nc1cccc(F)c1. The van der Waals surface area contributed by atoms with Gasteiger partial charge in [-0.05, 0) is 44.2 Å². The predicted molar refractivity (Wildman–Crippen MR) is 94.6 cm³/mol. The highest BCUT2D eigenvalue weighted by atomic mass is 32.2. The van der Waals surface area contributed by atoms with Gasteiger partial charge in [-0.15, -0.1) is 0 Å². The van der Waals surface area contributed by atoms with E-state index in [0.717, 1.165) is 21.8 Å². The molecule has 0 aliphatic heterocycles. The van der Waals surface area contributed by atoms with Crippen molar-refractivity contribution in [1.82, 2.24) is 9.97 Å². The summed E-state index contributed by atoms with van der Waals surface area (Å²) in [5, 5.41) is 3.04. The second-order valence-electron chi connectivity index (χ2n) is 5.36. The lowest BCUT2D eigenvalue weighted by Crippen LogP contribution is -2.22. The number of nitrogens with zero attached hydrogens (tertiary/aromatic N) is 2. The molecule has 0 radical (unpaired) electrons. The van der Waals surface area contributed by atoms with E-state index in [2.05, 4.69) is 15.3 Å². The van der Waals surface area contributed by atoms with Gasteiger partial charge >= 0.3 is 0 Å². The number of hydrogen-bond acceptors (Lipinski definition) is 4. The number of carbonyl (C=O) groups is 1. The lowest BCUT2D eigenvalue weighted by atomic mass is 10.3. The molecular weight excluding hydrogens is 325 g/mol. The van der Waals surface area contributed by atoms with Crippen LogP contribution in [0.3, 0.4) is 0 Å². The third kappa shape index (κ3) is 3.71. The van der Waals surface area contributed by atoms with E-state index in [1.54, 1.807) is 19.1 Å². The zero-order valence-corrected chi connectivity index (χ0v) is 14.1. The molecule has 6 heteroatoms. The fourth-order valence-electron chi connectivity index (χ4n) is 2.21. The summed E-state index contributed by atoms with van der Waals surface area (Å²) in [4.78, 5) is 21.4. The molecule has 1 heterocycles. The fourth-order valence-corrected chi connectivity index (χ4v) is 3.08. The molecule has 24 heavy (non-hydrogen) atoms. The Kier molecular flexibility index (Phi) is 4.76. The van der Waals surface area contributed by atoms with Gasteiger partial charge in [-0.3, -0.25) is 4.79 Å². The Morgan fingerprint density at radius 2 is 1.83 bits per heavy atom. The van der Waals surface area contributed by atoms with Crippen LogP contribution in [0.4, 0.5) is 10.1 Å². The third-order valence-corrected chi connectivity index (χ3v) is 4.63. The molecule has 1 atom stereocenters. The minimum absolute atomic E-state index is 0.208. The maximum absolute atomic E-state index is 13.2. The van der Waals surface area contributed by atoms with Gasteiger partial charge in [0.25, 0.3) is 0 Å². The van der Waals surface area contributed by atoms with Gasteiger partial charge in [0.05, 0.1) is 22.0 Å². The molecule has 1 unspecified atom stereocenters. The first-order valence-electron chi connectivity index (χ1n) is 7.49. The molecule has 0 aliphatic rings. The lowest BCUT2D eigenvalue weighted by Gasteiger charge is -2.13. The third-order valence-electron chi connectivity index (χ3n) is 3.45. The highest BCUT2D eigenvalue weighted by Crippen LogP contribution is 2.26. The van der Waals surface area contributed by atoms with Crippen LogP contribution in [-0.2, 0) is 4.79 Å². The van der Waals surface area contributed by atoms with E-state index >= 15 is 0 Å². The first-order chi connectivity index (χ1) is 11.5. The molecule has 3 aromatic rings. The van der Waals surface area contributed by atoms with Gasteiger partial charge in [-0.1, -0.05) is 30.0 Å². The molecule has 122 valence electrons. The summed E-state index contributed by atoms with van der Waals surface area (Å²) >= 11 is 1.34. The first kappa shape index (κ1) is 16.4. The monoisotopic (exact) mass is 341 g/mol. The molecule has 4 nitrogen and oxygen atoms in total. The Morgan fingerprint density at radius 1 is 1.12 bits per heavy atom. The fraction of sp³-hybridized carbons (Fsp3) is 0.167. The number of amides is 1. The number of benzene rings is 2. The summed E-state index contributed by atoms with van der Waals surface area (Å²) in [6, 6.07) is 13.5. The van der Waals surface area contributed by atoms with Gasteiger partial charge in [-0.25, -0.2) is 14.4 Å². The molecule has 0 saturated heterocycles. The summed E-state index contributed by atoms with van der Waals surface area (Å²) in [5.74, 6) is -0.593. The Labute approximate surface area is 143 Å². The number of para-hydroxylation sites is 2. The summed E-state index contributed by atoms with van der Waals surface area (Å²) in [5.41, 5.74) is 2.84. The second kappa shape index (κ2) is 6.97. The van der Waals surface area contributed by atoms with Crippen LogP contribution >= 0.6 is 11.8 Å². The van der Waals surface area contributed by atoms with Crippen LogP contribution in [0.5, 0.6) is 0 Å². The topological polar surface area (TPSA) is 54.9 Å². The number of carbonyl (C=O) groups excluding carboxylic acids is 1.